The van der Waals surface area contributed by atoms with E-state index in [1.54, 1.807) is 62.6 Å². The number of nitro groups is 1. The molecule has 3 aromatic carbocycles. The fourth-order valence-corrected chi connectivity index (χ4v) is 5.48. The third kappa shape index (κ3) is 3.27. The topological polar surface area (TPSA) is 108 Å². The van der Waals surface area contributed by atoms with E-state index in [4.69, 9.17) is 14.2 Å². The molecule has 2 unspecified atom stereocenters. The number of hydrogen-bond acceptors (Lipinski definition) is 7. The number of nitrogens with zero attached hydrogens (tertiary/aromatic N) is 2. The van der Waals surface area contributed by atoms with Crippen molar-refractivity contribution in [3.05, 3.63) is 94.1 Å². The smallest absolute Gasteiger partial charge is 0.277 e. The van der Waals surface area contributed by atoms with Gasteiger partial charge in [-0.2, -0.15) is 0 Å². The minimum absolute atomic E-state index is 0.0943. The second-order valence-electron chi connectivity index (χ2n) is 9.31. The molecule has 0 saturated carbocycles. The maximum Gasteiger partial charge on any atom is 0.277 e. The zero-order chi connectivity index (χ0) is 25.9. The molecule has 9 nitrogen and oxygen atoms in total. The number of imide groups is 1. The predicted molar refractivity (Wildman–Crippen MR) is 135 cm³/mol. The summed E-state index contributed by atoms with van der Waals surface area (Å²) in [6.45, 7) is 2.01. The van der Waals surface area contributed by atoms with Crippen molar-refractivity contribution in [1.29, 1.82) is 0 Å². The van der Waals surface area contributed by atoms with E-state index >= 15 is 0 Å². The number of carbonyl (C=O) groups excluding carboxylic acids is 2. The average Bonchev–Trinajstić information content (AvgIpc) is 3.48. The van der Waals surface area contributed by atoms with Gasteiger partial charge in [0.1, 0.15) is 22.7 Å². The normalized spacial score (nSPS) is 23.8. The van der Waals surface area contributed by atoms with E-state index < -0.39 is 27.9 Å². The van der Waals surface area contributed by atoms with Crippen LogP contribution in [0.1, 0.15) is 13.3 Å². The number of hydrogen-bond donors (Lipinski definition) is 0. The number of anilines is 1. The Hall–Kier alpha value is -4.50. The summed E-state index contributed by atoms with van der Waals surface area (Å²) in [7, 11) is 1.59. The maximum atomic E-state index is 13.8. The first-order valence-electron chi connectivity index (χ1n) is 11.8. The Labute approximate surface area is 211 Å². The predicted octanol–water partition coefficient (Wildman–Crippen LogP) is 4.49. The monoisotopic (exact) mass is 498 g/mol. The van der Waals surface area contributed by atoms with Gasteiger partial charge in [0, 0.05) is 17.9 Å². The summed E-state index contributed by atoms with van der Waals surface area (Å²) < 4.78 is 17.4. The molecule has 2 bridgehead atoms. The van der Waals surface area contributed by atoms with Crippen molar-refractivity contribution in [2.75, 3.05) is 18.6 Å². The number of non-ortho nitro benzene ring substituents is 1. The van der Waals surface area contributed by atoms with Crippen LogP contribution in [0.3, 0.4) is 0 Å². The lowest BCUT2D eigenvalue weighted by Gasteiger charge is -2.29. The molecule has 3 aliphatic rings. The summed E-state index contributed by atoms with van der Waals surface area (Å²) >= 11 is 0. The molecule has 6 rings (SSSR count). The first-order valence-corrected chi connectivity index (χ1v) is 11.8. The Morgan fingerprint density at radius 2 is 1.59 bits per heavy atom. The number of carbonyl (C=O) groups is 2. The van der Waals surface area contributed by atoms with E-state index in [0.29, 0.717) is 45.5 Å². The van der Waals surface area contributed by atoms with Crippen molar-refractivity contribution in [3.63, 3.8) is 0 Å². The van der Waals surface area contributed by atoms with Gasteiger partial charge in [-0.15, -0.1) is 0 Å². The molecule has 0 saturated heterocycles. The van der Waals surface area contributed by atoms with Crippen molar-refractivity contribution in [2.24, 2.45) is 0 Å². The van der Waals surface area contributed by atoms with Crippen LogP contribution >= 0.6 is 0 Å². The number of amides is 2. The van der Waals surface area contributed by atoms with Crippen LogP contribution < -0.4 is 14.4 Å². The molecule has 186 valence electrons. The second-order valence-corrected chi connectivity index (χ2v) is 9.31. The maximum absolute atomic E-state index is 13.8. The van der Waals surface area contributed by atoms with Crippen LogP contribution in [-0.2, 0) is 14.3 Å². The highest BCUT2D eigenvalue weighted by atomic mass is 16.6. The van der Waals surface area contributed by atoms with E-state index in [0.717, 1.165) is 4.90 Å². The van der Waals surface area contributed by atoms with Crippen molar-refractivity contribution >= 4 is 34.0 Å². The van der Waals surface area contributed by atoms with Crippen LogP contribution in [0.2, 0.25) is 0 Å². The molecule has 0 radical (unpaired) electrons. The molecule has 0 N–H and O–H groups in total. The fraction of sp³-hybridized carbons (Fsp3) is 0.214. The second kappa shape index (κ2) is 8.01. The van der Waals surface area contributed by atoms with Gasteiger partial charge in [0.05, 0.1) is 40.9 Å². The zero-order valence-corrected chi connectivity index (χ0v) is 20.1. The van der Waals surface area contributed by atoms with E-state index in [2.05, 4.69) is 0 Å². The Bertz CT molecular complexity index is 1560. The van der Waals surface area contributed by atoms with E-state index in [9.17, 15) is 19.7 Å². The lowest BCUT2D eigenvalue weighted by molar-refractivity contribution is -0.383. The Balaban J connectivity index is 1.33. The average molecular weight is 498 g/mol. The molecule has 2 amide bonds. The molecule has 3 aromatic rings. The zero-order valence-electron chi connectivity index (χ0n) is 20.1. The van der Waals surface area contributed by atoms with Crippen molar-refractivity contribution in [3.8, 4) is 11.5 Å². The SMILES string of the molecule is COc1ccc(OCCC23C=CC(C)(O2)C2=C3C(=O)N(c3ccc([N+](=O)[O-])c4ccccc34)C2=O)cc1. The third-order valence-corrected chi connectivity index (χ3v) is 7.19. The van der Waals surface area contributed by atoms with Crippen molar-refractivity contribution in [1.82, 2.24) is 0 Å². The van der Waals surface area contributed by atoms with Gasteiger partial charge in [-0.25, -0.2) is 4.90 Å². The summed E-state index contributed by atoms with van der Waals surface area (Å²) in [5.41, 5.74) is -1.35. The highest BCUT2D eigenvalue weighted by molar-refractivity contribution is 6.36. The number of nitro benzene ring substituents is 1. The molecule has 3 heterocycles. The largest absolute Gasteiger partial charge is 0.497 e. The lowest BCUT2D eigenvalue weighted by atomic mass is 9.82. The van der Waals surface area contributed by atoms with Crippen LogP contribution in [0.4, 0.5) is 11.4 Å². The molecular weight excluding hydrogens is 476 g/mol. The Morgan fingerprint density at radius 3 is 2.30 bits per heavy atom. The summed E-state index contributed by atoms with van der Waals surface area (Å²) in [4.78, 5) is 39.7. The minimum Gasteiger partial charge on any atom is -0.497 e. The molecule has 0 fully saturated rings. The lowest BCUT2D eigenvalue weighted by Crippen LogP contribution is -2.42. The quantitative estimate of drug-likeness (QED) is 0.204. The van der Waals surface area contributed by atoms with Gasteiger partial charge in [0.2, 0.25) is 0 Å². The molecular formula is C28H22N2O7. The van der Waals surface area contributed by atoms with Gasteiger partial charge in [0.25, 0.3) is 17.5 Å². The number of fused-ring (bicyclic) bond motifs is 5. The van der Waals surface area contributed by atoms with Gasteiger partial charge in [-0.3, -0.25) is 19.7 Å². The Kier molecular flexibility index (Phi) is 4.96. The minimum atomic E-state index is -1.10. The Morgan fingerprint density at radius 1 is 0.919 bits per heavy atom. The van der Waals surface area contributed by atoms with Gasteiger partial charge >= 0.3 is 0 Å². The number of rotatable bonds is 7. The summed E-state index contributed by atoms with van der Waals surface area (Å²) in [5.74, 6) is 0.380. The third-order valence-electron chi connectivity index (χ3n) is 7.19. The van der Waals surface area contributed by atoms with E-state index in [-0.39, 0.29) is 12.3 Å². The number of benzene rings is 3. The van der Waals surface area contributed by atoms with Crippen LogP contribution in [0.15, 0.2) is 84.0 Å². The fourth-order valence-electron chi connectivity index (χ4n) is 5.48. The number of methoxy groups -OCH3 is 1. The van der Waals surface area contributed by atoms with Gasteiger partial charge in [-0.05, 0) is 55.5 Å². The molecule has 3 aliphatic heterocycles. The van der Waals surface area contributed by atoms with Crippen LogP contribution in [-0.4, -0.2) is 41.7 Å². The molecule has 0 aromatic heterocycles. The molecule has 0 spiro atoms. The van der Waals surface area contributed by atoms with Crippen LogP contribution in [0.5, 0.6) is 11.5 Å². The molecule has 37 heavy (non-hydrogen) atoms. The first kappa shape index (κ1) is 22.9. The molecule has 2 atom stereocenters. The number of ether oxygens (including phenoxy) is 3. The highest BCUT2D eigenvalue weighted by Gasteiger charge is 2.64. The van der Waals surface area contributed by atoms with Gasteiger partial charge < -0.3 is 14.2 Å². The molecule has 9 heteroatoms. The van der Waals surface area contributed by atoms with E-state index in [1.807, 2.05) is 12.2 Å². The van der Waals surface area contributed by atoms with Crippen LogP contribution in [0.25, 0.3) is 10.8 Å². The van der Waals surface area contributed by atoms with Crippen molar-refractivity contribution in [2.45, 2.75) is 24.5 Å². The van der Waals surface area contributed by atoms with E-state index in [1.165, 1.54) is 12.1 Å². The van der Waals surface area contributed by atoms with Gasteiger partial charge in [0.15, 0.2) is 0 Å². The van der Waals surface area contributed by atoms with Crippen LogP contribution in [0, 0.1) is 10.1 Å². The summed E-state index contributed by atoms with van der Waals surface area (Å²) in [6.07, 6.45) is 3.95. The first-order chi connectivity index (χ1) is 17.8. The van der Waals surface area contributed by atoms with Crippen molar-refractivity contribution < 1.29 is 28.7 Å². The standard InChI is InChI=1S/C28H22N2O7/c1-27-13-14-28(37-27,15-16-36-18-9-7-17(35-2)8-10-18)24-23(27)25(31)29(26(24)32)21-11-12-22(30(33)34)20-6-4-3-5-19(20)21/h3-14H,15-16H2,1-2H3. The molecule has 0 aliphatic carbocycles. The summed E-state index contributed by atoms with van der Waals surface area (Å²) in [5, 5.41) is 12.4. The highest BCUT2D eigenvalue weighted by Crippen LogP contribution is 2.55. The summed E-state index contributed by atoms with van der Waals surface area (Å²) in [6, 6.07) is 16.6. The van der Waals surface area contributed by atoms with Gasteiger partial charge in [-0.1, -0.05) is 18.2 Å².